The lowest BCUT2D eigenvalue weighted by molar-refractivity contribution is 0.537. The quantitative estimate of drug-likeness (QED) is 0.670. The summed E-state index contributed by atoms with van der Waals surface area (Å²) >= 11 is 0. The highest BCUT2D eigenvalue weighted by Gasteiger charge is 2.20. The van der Waals surface area contributed by atoms with Gasteiger partial charge < -0.3 is 4.57 Å². The fourth-order valence-corrected chi connectivity index (χ4v) is 3.31. The number of nitrogens with zero attached hydrogens (tertiary/aromatic N) is 2. The summed E-state index contributed by atoms with van der Waals surface area (Å²) in [7, 11) is 0. The minimum absolute atomic E-state index is 0.195. The van der Waals surface area contributed by atoms with Crippen molar-refractivity contribution < 1.29 is 4.39 Å². The van der Waals surface area contributed by atoms with Gasteiger partial charge >= 0.3 is 0 Å². The van der Waals surface area contributed by atoms with Gasteiger partial charge in [-0.3, -0.25) is 4.98 Å². The van der Waals surface area contributed by atoms with Crippen LogP contribution in [0.5, 0.6) is 0 Å². The van der Waals surface area contributed by atoms with E-state index in [-0.39, 0.29) is 5.82 Å². The highest BCUT2D eigenvalue weighted by Crippen LogP contribution is 2.37. The molecule has 1 aliphatic rings. The van der Waals surface area contributed by atoms with Crippen LogP contribution in [-0.4, -0.2) is 9.55 Å². The summed E-state index contributed by atoms with van der Waals surface area (Å²) in [5.74, 6) is -0.195. The summed E-state index contributed by atoms with van der Waals surface area (Å²) in [5, 5.41) is 0. The minimum atomic E-state index is -0.195. The van der Waals surface area contributed by atoms with E-state index in [1.54, 1.807) is 0 Å². The molecule has 3 aromatic rings. The Morgan fingerprint density at radius 2 is 1.68 bits per heavy atom. The maximum atomic E-state index is 13.3. The van der Waals surface area contributed by atoms with Crippen molar-refractivity contribution in [3.8, 4) is 22.4 Å². The molecule has 1 aromatic carbocycles. The summed E-state index contributed by atoms with van der Waals surface area (Å²) in [6.07, 6.45) is 7.19. The van der Waals surface area contributed by atoms with Gasteiger partial charge in [0.1, 0.15) is 5.82 Å². The normalized spacial score (nSPS) is 13.9. The van der Waals surface area contributed by atoms with Crippen LogP contribution in [0, 0.1) is 5.82 Å². The maximum Gasteiger partial charge on any atom is 0.123 e. The lowest BCUT2D eigenvalue weighted by Crippen LogP contribution is -2.10. The molecule has 0 atom stereocenters. The first-order chi connectivity index (χ1) is 10.8. The molecular formula is C19H17FN2. The first kappa shape index (κ1) is 13.3. The second kappa shape index (κ2) is 5.41. The van der Waals surface area contributed by atoms with Crippen molar-refractivity contribution in [3.63, 3.8) is 0 Å². The van der Waals surface area contributed by atoms with Gasteiger partial charge in [-0.25, -0.2) is 4.39 Å². The van der Waals surface area contributed by atoms with E-state index in [4.69, 9.17) is 0 Å². The Hall–Kier alpha value is -2.42. The zero-order valence-corrected chi connectivity index (χ0v) is 12.3. The zero-order valence-electron chi connectivity index (χ0n) is 12.3. The molecule has 0 unspecified atom stereocenters. The molecule has 0 spiro atoms. The van der Waals surface area contributed by atoms with Crippen LogP contribution >= 0.6 is 0 Å². The van der Waals surface area contributed by atoms with Crippen molar-refractivity contribution >= 4 is 0 Å². The average Bonchev–Trinajstić information content (AvgIpc) is 2.96. The molecule has 0 N–H and O–H groups in total. The van der Waals surface area contributed by atoms with Gasteiger partial charge in [-0.05, 0) is 72.9 Å². The van der Waals surface area contributed by atoms with Gasteiger partial charge in [-0.2, -0.15) is 0 Å². The van der Waals surface area contributed by atoms with E-state index in [0.29, 0.717) is 0 Å². The van der Waals surface area contributed by atoms with Gasteiger partial charge in [0.15, 0.2) is 0 Å². The topological polar surface area (TPSA) is 17.8 Å². The van der Waals surface area contributed by atoms with Crippen LogP contribution in [0.25, 0.3) is 22.4 Å². The van der Waals surface area contributed by atoms with Crippen molar-refractivity contribution in [2.75, 3.05) is 0 Å². The smallest absolute Gasteiger partial charge is 0.123 e. The van der Waals surface area contributed by atoms with Crippen molar-refractivity contribution in [3.05, 3.63) is 66.4 Å². The molecule has 0 saturated carbocycles. The molecule has 2 aromatic heterocycles. The highest BCUT2D eigenvalue weighted by molar-refractivity contribution is 5.82. The molecule has 1 aliphatic heterocycles. The van der Waals surface area contributed by atoms with E-state index in [1.807, 2.05) is 36.7 Å². The van der Waals surface area contributed by atoms with Crippen LogP contribution in [-0.2, 0) is 13.0 Å². The summed E-state index contributed by atoms with van der Waals surface area (Å²) in [4.78, 5) is 4.11. The minimum Gasteiger partial charge on any atom is -0.344 e. The van der Waals surface area contributed by atoms with Gasteiger partial charge in [-0.15, -0.1) is 0 Å². The van der Waals surface area contributed by atoms with E-state index in [1.165, 1.54) is 41.9 Å². The van der Waals surface area contributed by atoms with Crippen LogP contribution < -0.4 is 0 Å². The Kier molecular flexibility index (Phi) is 3.26. The van der Waals surface area contributed by atoms with E-state index < -0.39 is 0 Å². The molecule has 110 valence electrons. The number of hydrogen-bond donors (Lipinski definition) is 0. The van der Waals surface area contributed by atoms with Crippen molar-refractivity contribution in [2.24, 2.45) is 0 Å². The second-order valence-corrected chi connectivity index (χ2v) is 5.75. The third-order valence-corrected chi connectivity index (χ3v) is 4.36. The van der Waals surface area contributed by atoms with Crippen LogP contribution in [0.4, 0.5) is 4.39 Å². The Morgan fingerprint density at radius 3 is 2.45 bits per heavy atom. The molecule has 3 heteroatoms. The van der Waals surface area contributed by atoms with E-state index in [2.05, 4.69) is 15.6 Å². The lowest BCUT2D eigenvalue weighted by Gasteiger charge is -2.18. The molecule has 0 saturated heterocycles. The summed E-state index contributed by atoms with van der Waals surface area (Å²) in [5.41, 5.74) is 6.02. The first-order valence-electron chi connectivity index (χ1n) is 7.72. The Morgan fingerprint density at radius 1 is 0.909 bits per heavy atom. The van der Waals surface area contributed by atoms with Crippen LogP contribution in [0.1, 0.15) is 18.5 Å². The van der Waals surface area contributed by atoms with E-state index in [0.717, 1.165) is 24.1 Å². The maximum absolute atomic E-state index is 13.3. The monoisotopic (exact) mass is 292 g/mol. The third kappa shape index (κ3) is 2.23. The van der Waals surface area contributed by atoms with Crippen LogP contribution in [0.2, 0.25) is 0 Å². The standard InChI is InChI=1S/C19H17FN2/c20-16-6-4-15(5-7-16)19-18(14-8-10-21-11-9-14)13-17-3-1-2-12-22(17)19/h4-11,13H,1-3,12H2. The van der Waals surface area contributed by atoms with Crippen molar-refractivity contribution in [1.29, 1.82) is 0 Å². The van der Waals surface area contributed by atoms with Gasteiger partial charge in [0.2, 0.25) is 0 Å². The zero-order chi connectivity index (χ0) is 14.9. The van der Waals surface area contributed by atoms with Crippen LogP contribution in [0.3, 0.4) is 0 Å². The molecular weight excluding hydrogens is 275 g/mol. The van der Waals surface area contributed by atoms with Crippen molar-refractivity contribution in [2.45, 2.75) is 25.8 Å². The molecule has 2 nitrogen and oxygen atoms in total. The molecule has 4 rings (SSSR count). The molecule has 0 amide bonds. The number of aromatic nitrogens is 2. The van der Waals surface area contributed by atoms with Crippen LogP contribution in [0.15, 0.2) is 54.9 Å². The molecule has 0 radical (unpaired) electrons. The summed E-state index contributed by atoms with van der Waals surface area (Å²) in [6, 6.07) is 13.2. The van der Waals surface area contributed by atoms with Gasteiger partial charge in [-0.1, -0.05) is 0 Å². The van der Waals surface area contributed by atoms with E-state index >= 15 is 0 Å². The van der Waals surface area contributed by atoms with Crippen molar-refractivity contribution in [1.82, 2.24) is 9.55 Å². The fourth-order valence-electron chi connectivity index (χ4n) is 3.31. The second-order valence-electron chi connectivity index (χ2n) is 5.75. The number of halogens is 1. The molecule has 0 aliphatic carbocycles. The summed E-state index contributed by atoms with van der Waals surface area (Å²) in [6.45, 7) is 1.03. The molecule has 22 heavy (non-hydrogen) atoms. The predicted octanol–water partition coefficient (Wildman–Crippen LogP) is 4.69. The van der Waals surface area contributed by atoms with Gasteiger partial charge in [0, 0.05) is 30.2 Å². The lowest BCUT2D eigenvalue weighted by atomic mass is 10.0. The largest absolute Gasteiger partial charge is 0.344 e. The Labute approximate surface area is 129 Å². The summed E-state index contributed by atoms with van der Waals surface area (Å²) < 4.78 is 15.7. The predicted molar refractivity (Wildman–Crippen MR) is 86.0 cm³/mol. The number of benzene rings is 1. The van der Waals surface area contributed by atoms with E-state index in [9.17, 15) is 4.39 Å². The van der Waals surface area contributed by atoms with Gasteiger partial charge in [0.25, 0.3) is 0 Å². The molecule has 0 bridgehead atoms. The highest BCUT2D eigenvalue weighted by atomic mass is 19.1. The number of hydrogen-bond acceptors (Lipinski definition) is 1. The Bertz CT molecular complexity index is 788. The number of rotatable bonds is 2. The Balaban J connectivity index is 1.94. The first-order valence-corrected chi connectivity index (χ1v) is 7.72. The van der Waals surface area contributed by atoms with Gasteiger partial charge in [0.05, 0.1) is 5.69 Å². The fraction of sp³-hybridized carbons (Fsp3) is 0.211. The molecule has 3 heterocycles. The third-order valence-electron chi connectivity index (χ3n) is 4.36. The molecule has 0 fully saturated rings. The number of aryl methyl sites for hydroxylation is 1. The average molecular weight is 292 g/mol. The number of pyridine rings is 1. The number of fused-ring (bicyclic) bond motifs is 1. The SMILES string of the molecule is Fc1ccc(-c2c(-c3ccncc3)cc3n2CCCC3)cc1.